The Balaban J connectivity index is 1.66. The minimum atomic E-state index is -0.964. The summed E-state index contributed by atoms with van der Waals surface area (Å²) in [6, 6.07) is 12.6. The van der Waals surface area contributed by atoms with Crippen LogP contribution >= 0.6 is 39.1 Å². The van der Waals surface area contributed by atoms with Gasteiger partial charge in [-0.2, -0.15) is 5.10 Å². The van der Waals surface area contributed by atoms with E-state index in [0.29, 0.717) is 37.8 Å². The molecular weight excluding hydrogens is 564 g/mol. The number of rotatable bonds is 7. The monoisotopic (exact) mass is 581 g/mol. The molecule has 3 aromatic carbocycles. The molecule has 182 valence electrons. The van der Waals surface area contributed by atoms with Crippen LogP contribution in [0.2, 0.25) is 10.0 Å². The van der Waals surface area contributed by atoms with Crippen LogP contribution in [0, 0.1) is 12.7 Å². The van der Waals surface area contributed by atoms with Crippen molar-refractivity contribution < 1.29 is 23.5 Å². The summed E-state index contributed by atoms with van der Waals surface area (Å²) >= 11 is 15.5. The lowest BCUT2D eigenvalue weighted by atomic mass is 10.2. The molecule has 0 aliphatic heterocycles. The van der Waals surface area contributed by atoms with Crippen molar-refractivity contribution in [2.75, 3.05) is 12.4 Å². The molecule has 3 rings (SSSR count). The molecule has 0 aliphatic carbocycles. The molecule has 2 amide bonds. The zero-order valence-electron chi connectivity index (χ0n) is 18.5. The first-order chi connectivity index (χ1) is 16.7. The van der Waals surface area contributed by atoms with Gasteiger partial charge in [0.05, 0.1) is 22.8 Å². The molecule has 0 saturated carbocycles. The molecule has 11 heteroatoms. The highest BCUT2D eigenvalue weighted by Gasteiger charge is 2.16. The Morgan fingerprint density at radius 2 is 1.83 bits per heavy atom. The van der Waals surface area contributed by atoms with Crippen LogP contribution in [0.1, 0.15) is 16.7 Å². The Morgan fingerprint density at radius 3 is 2.54 bits per heavy atom. The van der Waals surface area contributed by atoms with Gasteiger partial charge in [0.2, 0.25) is 0 Å². The molecule has 0 aromatic heterocycles. The average molecular weight is 583 g/mol. The zero-order valence-corrected chi connectivity index (χ0v) is 21.6. The summed E-state index contributed by atoms with van der Waals surface area (Å²) in [4.78, 5) is 24.2. The van der Waals surface area contributed by atoms with Crippen LogP contribution in [0.3, 0.4) is 0 Å². The first-order valence-corrected chi connectivity index (χ1v) is 11.6. The van der Waals surface area contributed by atoms with Gasteiger partial charge in [-0.15, -0.1) is 0 Å². The van der Waals surface area contributed by atoms with Crippen LogP contribution in [0.15, 0.2) is 58.1 Å². The van der Waals surface area contributed by atoms with E-state index in [2.05, 4.69) is 31.8 Å². The number of amides is 2. The Kier molecular flexibility index (Phi) is 9.08. The Hall–Kier alpha value is -3.14. The number of hydrazone groups is 1. The van der Waals surface area contributed by atoms with E-state index in [4.69, 9.17) is 32.7 Å². The second-order valence-corrected chi connectivity index (χ2v) is 8.76. The van der Waals surface area contributed by atoms with Gasteiger partial charge < -0.3 is 14.8 Å². The van der Waals surface area contributed by atoms with Gasteiger partial charge in [0.15, 0.2) is 11.5 Å². The van der Waals surface area contributed by atoms with Crippen LogP contribution in [0.25, 0.3) is 0 Å². The average Bonchev–Trinajstić information content (AvgIpc) is 2.82. The van der Waals surface area contributed by atoms with E-state index in [1.165, 1.54) is 25.5 Å². The number of anilines is 1. The summed E-state index contributed by atoms with van der Waals surface area (Å²) in [5.41, 5.74) is 3.95. The molecular formula is C24H19BrCl2FN3O4. The maximum Gasteiger partial charge on any atom is 0.329 e. The lowest BCUT2D eigenvalue weighted by Crippen LogP contribution is -2.32. The summed E-state index contributed by atoms with van der Waals surface area (Å²) in [7, 11) is 1.44. The number of carbonyl (C=O) groups is 2. The van der Waals surface area contributed by atoms with E-state index in [-0.39, 0.29) is 17.2 Å². The minimum Gasteiger partial charge on any atom is -0.493 e. The third kappa shape index (κ3) is 6.72. The van der Waals surface area contributed by atoms with Gasteiger partial charge in [0.25, 0.3) is 0 Å². The van der Waals surface area contributed by atoms with E-state index in [1.807, 2.05) is 0 Å². The maximum absolute atomic E-state index is 14.0. The van der Waals surface area contributed by atoms with Crippen LogP contribution in [0.4, 0.5) is 10.1 Å². The van der Waals surface area contributed by atoms with Crippen molar-refractivity contribution in [1.82, 2.24) is 5.43 Å². The minimum absolute atomic E-state index is 0.120. The largest absolute Gasteiger partial charge is 0.493 e. The molecule has 35 heavy (non-hydrogen) atoms. The Bertz CT molecular complexity index is 1280. The van der Waals surface area contributed by atoms with Crippen LogP contribution in [-0.4, -0.2) is 25.1 Å². The Morgan fingerprint density at radius 1 is 1.11 bits per heavy atom. The maximum atomic E-state index is 14.0. The van der Waals surface area contributed by atoms with Crippen molar-refractivity contribution in [2.24, 2.45) is 5.10 Å². The summed E-state index contributed by atoms with van der Waals surface area (Å²) in [6.07, 6.45) is 1.32. The van der Waals surface area contributed by atoms with Crippen molar-refractivity contribution in [3.63, 3.8) is 0 Å². The molecule has 0 spiro atoms. The number of hydrogen-bond donors (Lipinski definition) is 2. The van der Waals surface area contributed by atoms with Crippen molar-refractivity contribution in [2.45, 2.75) is 13.5 Å². The summed E-state index contributed by atoms with van der Waals surface area (Å²) in [5, 5.41) is 7.00. The molecule has 2 N–H and O–H groups in total. The standard InChI is InChI=1S/C24H19BrCl2FN3O4/c1-13-17(26)5-4-8-20(13)30-23(32)24(33)31-29-11-14-9-16(25)22(21(10-14)34-2)35-12-15-18(27)6-3-7-19(15)28/h3-11H,12H2,1-2H3,(H,30,32)(H,31,33)/b29-11+. The van der Waals surface area contributed by atoms with E-state index >= 15 is 0 Å². The third-order valence-corrected chi connectivity index (χ3v) is 6.13. The van der Waals surface area contributed by atoms with Gasteiger partial charge >= 0.3 is 11.8 Å². The molecule has 0 saturated heterocycles. The number of benzene rings is 3. The first kappa shape index (κ1) is 26.5. The quantitative estimate of drug-likeness (QED) is 0.207. The molecule has 7 nitrogen and oxygen atoms in total. The molecule has 0 unspecified atom stereocenters. The highest BCUT2D eigenvalue weighted by Crippen LogP contribution is 2.37. The van der Waals surface area contributed by atoms with Crippen molar-refractivity contribution >= 4 is 62.8 Å². The second kappa shape index (κ2) is 12.0. The highest BCUT2D eigenvalue weighted by molar-refractivity contribution is 9.10. The van der Waals surface area contributed by atoms with E-state index < -0.39 is 17.6 Å². The zero-order chi connectivity index (χ0) is 25.5. The van der Waals surface area contributed by atoms with Gasteiger partial charge in [-0.05, 0) is 70.4 Å². The molecule has 0 radical (unpaired) electrons. The lowest BCUT2D eigenvalue weighted by molar-refractivity contribution is -0.136. The van der Waals surface area contributed by atoms with Crippen molar-refractivity contribution in [3.8, 4) is 11.5 Å². The summed E-state index contributed by atoms with van der Waals surface area (Å²) in [5.74, 6) is -1.70. The fraction of sp³-hybridized carbons (Fsp3) is 0.125. The predicted octanol–water partition coefficient (Wildman–Crippen LogP) is 5.88. The first-order valence-electron chi connectivity index (χ1n) is 10.0. The predicted molar refractivity (Wildman–Crippen MR) is 137 cm³/mol. The van der Waals surface area contributed by atoms with Gasteiger partial charge in [0.1, 0.15) is 12.4 Å². The van der Waals surface area contributed by atoms with Gasteiger partial charge in [-0.3, -0.25) is 9.59 Å². The highest BCUT2D eigenvalue weighted by atomic mass is 79.9. The number of hydrogen-bond acceptors (Lipinski definition) is 5. The van der Waals surface area contributed by atoms with E-state index in [9.17, 15) is 14.0 Å². The van der Waals surface area contributed by atoms with E-state index in [0.717, 1.165) is 0 Å². The third-order valence-electron chi connectivity index (χ3n) is 4.78. The van der Waals surface area contributed by atoms with Crippen molar-refractivity contribution in [1.29, 1.82) is 0 Å². The molecule has 0 atom stereocenters. The topological polar surface area (TPSA) is 89.0 Å². The van der Waals surface area contributed by atoms with Gasteiger partial charge in [0, 0.05) is 16.3 Å². The molecule has 0 fully saturated rings. The second-order valence-electron chi connectivity index (χ2n) is 7.09. The number of methoxy groups -OCH3 is 1. The number of halogens is 4. The van der Waals surface area contributed by atoms with Crippen molar-refractivity contribution in [3.05, 3.63) is 85.6 Å². The van der Waals surface area contributed by atoms with Crippen LogP contribution in [-0.2, 0) is 16.2 Å². The van der Waals surface area contributed by atoms with Crippen LogP contribution < -0.4 is 20.2 Å². The summed E-state index contributed by atoms with van der Waals surface area (Å²) < 4.78 is 25.6. The number of nitrogens with one attached hydrogen (secondary N) is 2. The normalized spacial score (nSPS) is 10.8. The molecule has 3 aromatic rings. The molecule has 0 heterocycles. The smallest absolute Gasteiger partial charge is 0.329 e. The lowest BCUT2D eigenvalue weighted by Gasteiger charge is -2.14. The number of carbonyl (C=O) groups excluding carboxylic acids is 2. The fourth-order valence-electron chi connectivity index (χ4n) is 2.91. The number of nitrogens with zero attached hydrogens (tertiary/aromatic N) is 1. The van der Waals surface area contributed by atoms with Gasteiger partial charge in [-0.1, -0.05) is 35.3 Å². The fourth-order valence-corrected chi connectivity index (χ4v) is 3.87. The summed E-state index contributed by atoms with van der Waals surface area (Å²) in [6.45, 7) is 1.60. The Labute approximate surface area is 219 Å². The molecule has 0 bridgehead atoms. The molecule has 0 aliphatic rings. The van der Waals surface area contributed by atoms with Crippen LogP contribution in [0.5, 0.6) is 11.5 Å². The van der Waals surface area contributed by atoms with Gasteiger partial charge in [-0.25, -0.2) is 9.82 Å². The SMILES string of the molecule is COc1cc(/C=N/NC(=O)C(=O)Nc2cccc(Cl)c2C)cc(Br)c1OCc1c(F)cccc1Cl. The number of ether oxygens (including phenoxy) is 2. The van der Waals surface area contributed by atoms with E-state index in [1.54, 1.807) is 43.3 Å².